The third kappa shape index (κ3) is 3.71. The normalized spacial score (nSPS) is 16.1. The second-order valence-electron chi connectivity index (χ2n) is 4.92. The minimum absolute atomic E-state index is 0.0650. The molecule has 116 valence electrons. The summed E-state index contributed by atoms with van der Waals surface area (Å²) < 4.78 is 54.8. The quantitative estimate of drug-likeness (QED) is 0.624. The van der Waals surface area contributed by atoms with Gasteiger partial charge < -0.3 is 4.74 Å². The van der Waals surface area contributed by atoms with Crippen LogP contribution in [-0.2, 0) is 13.8 Å². The van der Waals surface area contributed by atoms with E-state index >= 15 is 0 Å². The fourth-order valence-electron chi connectivity index (χ4n) is 2.35. The lowest BCUT2D eigenvalue weighted by Crippen LogP contribution is -2.16. The zero-order chi connectivity index (χ0) is 15.6. The van der Waals surface area contributed by atoms with Gasteiger partial charge in [-0.1, -0.05) is 12.8 Å². The van der Waals surface area contributed by atoms with E-state index < -0.39 is 37.1 Å². The van der Waals surface area contributed by atoms with Gasteiger partial charge in [0.1, 0.15) is 16.3 Å². The number of hydrogen-bond donors (Lipinski definition) is 0. The molecular formula is C13H13ClF2O4S. The third-order valence-electron chi connectivity index (χ3n) is 3.45. The third-order valence-corrected chi connectivity index (χ3v) is 4.79. The number of ether oxygens (including phenoxy) is 1. The summed E-state index contributed by atoms with van der Waals surface area (Å²) in [4.78, 5) is 10.8. The first-order chi connectivity index (χ1) is 9.80. The highest BCUT2D eigenvalue weighted by atomic mass is 35.7. The Hall–Kier alpha value is -1.21. The van der Waals surface area contributed by atoms with Crippen molar-refractivity contribution in [1.29, 1.82) is 0 Å². The SMILES string of the molecule is O=C(OCC1CCCC1)c1c(F)ccc(S(=O)(=O)Cl)c1F. The van der Waals surface area contributed by atoms with Gasteiger partial charge in [-0.25, -0.2) is 22.0 Å². The largest absolute Gasteiger partial charge is 0.462 e. The van der Waals surface area contributed by atoms with Crippen molar-refractivity contribution in [3.63, 3.8) is 0 Å². The highest BCUT2D eigenvalue weighted by molar-refractivity contribution is 8.13. The van der Waals surface area contributed by atoms with Crippen LogP contribution < -0.4 is 0 Å². The molecule has 8 heteroatoms. The first-order valence-electron chi connectivity index (χ1n) is 6.40. The zero-order valence-electron chi connectivity index (χ0n) is 10.9. The Morgan fingerprint density at radius 3 is 2.48 bits per heavy atom. The maximum Gasteiger partial charge on any atom is 0.344 e. The number of carbonyl (C=O) groups is 1. The van der Waals surface area contributed by atoms with Gasteiger partial charge in [-0.15, -0.1) is 0 Å². The summed E-state index contributed by atoms with van der Waals surface area (Å²) >= 11 is 0. The molecule has 1 fully saturated rings. The lowest BCUT2D eigenvalue weighted by molar-refractivity contribution is 0.0431. The fourth-order valence-corrected chi connectivity index (χ4v) is 3.26. The van der Waals surface area contributed by atoms with E-state index in [9.17, 15) is 22.0 Å². The topological polar surface area (TPSA) is 60.4 Å². The van der Waals surface area contributed by atoms with Gasteiger partial charge in [0.15, 0.2) is 5.82 Å². The molecule has 0 bridgehead atoms. The van der Waals surface area contributed by atoms with Crippen LogP contribution in [0.25, 0.3) is 0 Å². The van der Waals surface area contributed by atoms with Gasteiger partial charge in [-0.3, -0.25) is 0 Å². The van der Waals surface area contributed by atoms with E-state index in [2.05, 4.69) is 0 Å². The Bertz CT molecular complexity index is 654. The molecule has 0 N–H and O–H groups in total. The van der Waals surface area contributed by atoms with Crippen molar-refractivity contribution in [2.24, 2.45) is 5.92 Å². The maximum absolute atomic E-state index is 14.0. The monoisotopic (exact) mass is 338 g/mol. The first kappa shape index (κ1) is 16.2. The summed E-state index contributed by atoms with van der Waals surface area (Å²) in [5, 5.41) is 0. The molecule has 0 saturated heterocycles. The van der Waals surface area contributed by atoms with E-state index in [0.717, 1.165) is 25.7 Å². The number of rotatable bonds is 4. The molecule has 1 aliphatic carbocycles. The van der Waals surface area contributed by atoms with Crippen LogP contribution in [0.1, 0.15) is 36.0 Å². The minimum atomic E-state index is -4.41. The number of halogens is 3. The standard InChI is InChI=1S/C13H13ClF2O4S/c14-21(18,19)10-6-5-9(15)11(12(10)16)13(17)20-7-8-3-1-2-4-8/h5-6,8H,1-4,7H2. The molecule has 0 spiro atoms. The fraction of sp³-hybridized carbons (Fsp3) is 0.462. The summed E-state index contributed by atoms with van der Waals surface area (Å²) in [6, 6.07) is 1.34. The second kappa shape index (κ2) is 6.27. The van der Waals surface area contributed by atoms with Crippen LogP contribution in [0.3, 0.4) is 0 Å². The lowest BCUT2D eigenvalue weighted by atomic mass is 10.1. The van der Waals surface area contributed by atoms with Crippen LogP contribution in [-0.4, -0.2) is 21.0 Å². The molecule has 0 unspecified atom stereocenters. The molecule has 1 aromatic carbocycles. The average Bonchev–Trinajstić information content (AvgIpc) is 2.87. The molecular weight excluding hydrogens is 326 g/mol. The summed E-state index contributed by atoms with van der Waals surface area (Å²) in [7, 11) is 0.617. The van der Waals surface area contributed by atoms with Crippen molar-refractivity contribution >= 4 is 25.7 Å². The first-order valence-corrected chi connectivity index (χ1v) is 8.71. The Kier molecular flexibility index (Phi) is 4.83. The lowest BCUT2D eigenvalue weighted by Gasteiger charge is -2.11. The number of esters is 1. The minimum Gasteiger partial charge on any atom is -0.462 e. The van der Waals surface area contributed by atoms with Crippen LogP contribution in [0.4, 0.5) is 8.78 Å². The molecule has 1 aliphatic rings. The van der Waals surface area contributed by atoms with Crippen LogP contribution in [0.15, 0.2) is 17.0 Å². The van der Waals surface area contributed by atoms with Crippen molar-refractivity contribution < 1.29 is 26.7 Å². The Morgan fingerprint density at radius 1 is 1.29 bits per heavy atom. The van der Waals surface area contributed by atoms with Crippen molar-refractivity contribution in [2.45, 2.75) is 30.6 Å². The summed E-state index contributed by atoms with van der Waals surface area (Å²) in [5.41, 5.74) is -1.03. The van der Waals surface area contributed by atoms with E-state index in [4.69, 9.17) is 15.4 Å². The van der Waals surface area contributed by atoms with Crippen molar-refractivity contribution in [3.8, 4) is 0 Å². The molecule has 21 heavy (non-hydrogen) atoms. The second-order valence-corrected chi connectivity index (χ2v) is 7.46. The molecule has 0 radical (unpaired) electrons. The highest BCUT2D eigenvalue weighted by Crippen LogP contribution is 2.27. The van der Waals surface area contributed by atoms with E-state index in [-0.39, 0.29) is 12.5 Å². The van der Waals surface area contributed by atoms with Crippen LogP contribution in [0, 0.1) is 17.6 Å². The van der Waals surface area contributed by atoms with Gasteiger partial charge in [0.25, 0.3) is 9.05 Å². The predicted octanol–water partition coefficient (Wildman–Crippen LogP) is 3.24. The van der Waals surface area contributed by atoms with Crippen LogP contribution in [0.5, 0.6) is 0 Å². The Morgan fingerprint density at radius 2 is 1.90 bits per heavy atom. The predicted molar refractivity (Wildman–Crippen MR) is 71.6 cm³/mol. The van der Waals surface area contributed by atoms with Gasteiger partial charge in [0.2, 0.25) is 0 Å². The number of benzene rings is 1. The maximum atomic E-state index is 14.0. The van der Waals surface area contributed by atoms with E-state index in [1.165, 1.54) is 0 Å². The Balaban J connectivity index is 2.23. The molecule has 2 rings (SSSR count). The van der Waals surface area contributed by atoms with E-state index in [1.807, 2.05) is 0 Å². The van der Waals surface area contributed by atoms with Crippen molar-refractivity contribution in [3.05, 3.63) is 29.3 Å². The van der Waals surface area contributed by atoms with Gasteiger partial charge in [0.05, 0.1) is 6.61 Å². The molecule has 0 aliphatic heterocycles. The number of hydrogen-bond acceptors (Lipinski definition) is 4. The molecule has 1 saturated carbocycles. The molecule has 0 aromatic heterocycles. The molecule has 0 atom stereocenters. The van der Waals surface area contributed by atoms with Gasteiger partial charge in [0, 0.05) is 10.7 Å². The zero-order valence-corrected chi connectivity index (χ0v) is 12.5. The van der Waals surface area contributed by atoms with Crippen molar-refractivity contribution in [1.82, 2.24) is 0 Å². The summed E-state index contributed by atoms with van der Waals surface area (Å²) in [5.74, 6) is -3.76. The van der Waals surface area contributed by atoms with Gasteiger partial charge in [-0.05, 0) is 30.9 Å². The molecule has 0 amide bonds. The summed E-state index contributed by atoms with van der Waals surface area (Å²) in [6.45, 7) is 0.0650. The highest BCUT2D eigenvalue weighted by Gasteiger charge is 2.27. The average molecular weight is 339 g/mol. The van der Waals surface area contributed by atoms with E-state index in [1.54, 1.807) is 0 Å². The van der Waals surface area contributed by atoms with Crippen LogP contribution >= 0.6 is 10.7 Å². The van der Waals surface area contributed by atoms with Gasteiger partial charge in [-0.2, -0.15) is 0 Å². The van der Waals surface area contributed by atoms with Gasteiger partial charge >= 0.3 is 5.97 Å². The summed E-state index contributed by atoms with van der Waals surface area (Å²) in [6.07, 6.45) is 3.86. The molecule has 0 heterocycles. The van der Waals surface area contributed by atoms with E-state index in [0.29, 0.717) is 12.1 Å². The van der Waals surface area contributed by atoms with Crippen LogP contribution in [0.2, 0.25) is 0 Å². The van der Waals surface area contributed by atoms with Crippen molar-refractivity contribution in [2.75, 3.05) is 6.61 Å². The molecule has 4 nitrogen and oxygen atoms in total. The Labute approximate surface area is 125 Å². The number of carbonyl (C=O) groups excluding carboxylic acids is 1. The molecule has 1 aromatic rings. The smallest absolute Gasteiger partial charge is 0.344 e.